The monoisotopic (exact) mass is 274 g/mol. The van der Waals surface area contributed by atoms with Crippen molar-refractivity contribution in [3.8, 4) is 0 Å². The number of piperazine rings is 1. The molecule has 1 aromatic heterocycles. The topological polar surface area (TPSA) is 74.0 Å². The largest absolute Gasteiger partial charge is 0.462 e. The van der Waals surface area contributed by atoms with Crippen molar-refractivity contribution < 1.29 is 17.9 Å². The predicted molar refractivity (Wildman–Crippen MR) is 66.3 cm³/mol. The number of aliphatic hydroxyl groups is 1. The van der Waals surface area contributed by atoms with E-state index in [1.165, 1.54) is 10.6 Å². The minimum atomic E-state index is -3.07. The Bertz CT molecular complexity index is 489. The highest BCUT2D eigenvalue weighted by Gasteiger charge is 2.23. The van der Waals surface area contributed by atoms with Crippen molar-refractivity contribution in [3.63, 3.8) is 0 Å². The molecule has 0 unspecified atom stereocenters. The number of hydrogen-bond acceptors (Lipinski definition) is 5. The molecule has 1 aromatic rings. The number of rotatable bonds is 4. The molecule has 0 atom stereocenters. The van der Waals surface area contributed by atoms with Gasteiger partial charge in [0.25, 0.3) is 0 Å². The molecule has 7 heteroatoms. The van der Waals surface area contributed by atoms with Gasteiger partial charge in [0.15, 0.2) is 0 Å². The molecule has 0 bridgehead atoms. The minimum absolute atomic E-state index is 0.0954. The van der Waals surface area contributed by atoms with Crippen molar-refractivity contribution in [2.45, 2.75) is 13.2 Å². The molecule has 0 aromatic carbocycles. The predicted octanol–water partition coefficient (Wildman–Crippen LogP) is -0.151. The van der Waals surface area contributed by atoms with E-state index >= 15 is 0 Å². The van der Waals surface area contributed by atoms with Crippen LogP contribution in [0.4, 0.5) is 0 Å². The van der Waals surface area contributed by atoms with Gasteiger partial charge in [-0.05, 0) is 12.1 Å². The molecule has 2 rings (SSSR count). The van der Waals surface area contributed by atoms with E-state index in [9.17, 15) is 8.42 Å². The third-order valence-electron chi connectivity index (χ3n) is 3.05. The van der Waals surface area contributed by atoms with E-state index in [-0.39, 0.29) is 6.61 Å². The fourth-order valence-electron chi connectivity index (χ4n) is 2.03. The Hall–Kier alpha value is -0.890. The van der Waals surface area contributed by atoms with Gasteiger partial charge in [-0.15, -0.1) is 0 Å². The van der Waals surface area contributed by atoms with Gasteiger partial charge in [-0.1, -0.05) is 0 Å². The lowest BCUT2D eigenvalue weighted by Crippen LogP contribution is -2.47. The summed E-state index contributed by atoms with van der Waals surface area (Å²) in [7, 11) is -3.07. The minimum Gasteiger partial charge on any atom is -0.462 e. The molecule has 102 valence electrons. The summed E-state index contributed by atoms with van der Waals surface area (Å²) in [6.45, 7) is 2.99. The molecule has 0 radical (unpaired) electrons. The Kier molecular flexibility index (Phi) is 4.06. The molecule has 1 aliphatic heterocycles. The maximum absolute atomic E-state index is 11.4. The maximum Gasteiger partial charge on any atom is 0.211 e. The Labute approximate surface area is 107 Å². The summed E-state index contributed by atoms with van der Waals surface area (Å²) in [6, 6.07) is 3.59. The molecule has 2 heterocycles. The van der Waals surface area contributed by atoms with E-state index < -0.39 is 10.0 Å². The Morgan fingerprint density at radius 2 is 1.83 bits per heavy atom. The average molecular weight is 274 g/mol. The van der Waals surface area contributed by atoms with Crippen molar-refractivity contribution >= 4 is 10.0 Å². The standard InChI is InChI=1S/C11H18N2O4S/c1-18(15,16)13-6-4-12(5-7-13)8-10-2-3-11(9-14)17-10/h2-3,14H,4-9H2,1H3. The van der Waals surface area contributed by atoms with Crippen molar-refractivity contribution in [3.05, 3.63) is 23.7 Å². The van der Waals surface area contributed by atoms with Crippen LogP contribution in [0.15, 0.2) is 16.5 Å². The van der Waals surface area contributed by atoms with Gasteiger partial charge in [0.05, 0.1) is 12.8 Å². The van der Waals surface area contributed by atoms with Gasteiger partial charge in [-0.3, -0.25) is 4.90 Å². The van der Waals surface area contributed by atoms with Crippen molar-refractivity contribution in [2.24, 2.45) is 0 Å². The van der Waals surface area contributed by atoms with Crippen molar-refractivity contribution in [1.29, 1.82) is 0 Å². The SMILES string of the molecule is CS(=O)(=O)N1CCN(Cc2ccc(CO)o2)CC1. The molecule has 18 heavy (non-hydrogen) atoms. The van der Waals surface area contributed by atoms with Crippen LogP contribution in [0, 0.1) is 0 Å². The summed E-state index contributed by atoms with van der Waals surface area (Å²) in [5.41, 5.74) is 0. The molecule has 1 aliphatic rings. The summed E-state index contributed by atoms with van der Waals surface area (Å²) in [5, 5.41) is 8.90. The zero-order valence-corrected chi connectivity index (χ0v) is 11.2. The highest BCUT2D eigenvalue weighted by Crippen LogP contribution is 2.13. The van der Waals surface area contributed by atoms with Crippen molar-refractivity contribution in [2.75, 3.05) is 32.4 Å². The molecular weight excluding hydrogens is 256 g/mol. The lowest BCUT2D eigenvalue weighted by molar-refractivity contribution is 0.167. The fraction of sp³-hybridized carbons (Fsp3) is 0.636. The number of hydrogen-bond donors (Lipinski definition) is 1. The second-order valence-corrected chi connectivity index (χ2v) is 6.45. The summed E-state index contributed by atoms with van der Waals surface area (Å²) in [6.07, 6.45) is 1.24. The summed E-state index contributed by atoms with van der Waals surface area (Å²) < 4.78 is 29.6. The first-order chi connectivity index (χ1) is 8.49. The molecule has 0 spiro atoms. The summed E-state index contributed by atoms with van der Waals surface area (Å²) in [5.74, 6) is 1.35. The van der Waals surface area contributed by atoms with Crippen LogP contribution in [0.2, 0.25) is 0 Å². The molecule has 0 aliphatic carbocycles. The van der Waals surface area contributed by atoms with Crippen molar-refractivity contribution in [1.82, 2.24) is 9.21 Å². The van der Waals surface area contributed by atoms with Crippen LogP contribution in [-0.4, -0.2) is 55.2 Å². The first-order valence-corrected chi connectivity index (χ1v) is 7.70. The number of nitrogens with zero attached hydrogens (tertiary/aromatic N) is 2. The van der Waals surface area contributed by atoms with E-state index in [0.29, 0.717) is 38.5 Å². The molecule has 1 fully saturated rings. The van der Waals surface area contributed by atoms with Crippen LogP contribution >= 0.6 is 0 Å². The highest BCUT2D eigenvalue weighted by atomic mass is 32.2. The first kappa shape index (κ1) is 13.5. The number of sulfonamides is 1. The number of aliphatic hydroxyl groups excluding tert-OH is 1. The first-order valence-electron chi connectivity index (χ1n) is 5.85. The van der Waals surface area contributed by atoms with Gasteiger partial charge in [0.1, 0.15) is 18.1 Å². The van der Waals surface area contributed by atoms with Gasteiger partial charge in [0, 0.05) is 26.2 Å². The lowest BCUT2D eigenvalue weighted by atomic mass is 10.3. The molecule has 6 nitrogen and oxygen atoms in total. The normalized spacial score (nSPS) is 19.2. The molecule has 1 saturated heterocycles. The van der Waals surface area contributed by atoms with Crippen LogP contribution < -0.4 is 0 Å². The summed E-state index contributed by atoms with van der Waals surface area (Å²) in [4.78, 5) is 2.14. The van der Waals surface area contributed by atoms with Gasteiger partial charge < -0.3 is 9.52 Å². The van der Waals surface area contributed by atoms with E-state index in [2.05, 4.69) is 4.90 Å². The molecule has 0 saturated carbocycles. The second-order valence-electron chi connectivity index (χ2n) is 4.46. The molecular formula is C11H18N2O4S. The van der Waals surface area contributed by atoms with E-state index in [1.54, 1.807) is 6.07 Å². The lowest BCUT2D eigenvalue weighted by Gasteiger charge is -2.32. The average Bonchev–Trinajstić information content (AvgIpc) is 2.76. The van der Waals surface area contributed by atoms with E-state index in [1.807, 2.05) is 6.07 Å². The third kappa shape index (κ3) is 3.32. The quantitative estimate of drug-likeness (QED) is 0.826. The Balaban J connectivity index is 1.87. The van der Waals surface area contributed by atoms with Crippen LogP contribution in [0.25, 0.3) is 0 Å². The van der Waals surface area contributed by atoms with Gasteiger partial charge in [-0.2, -0.15) is 4.31 Å². The smallest absolute Gasteiger partial charge is 0.211 e. The van der Waals surface area contributed by atoms with Crippen LogP contribution in [0.5, 0.6) is 0 Å². The molecule has 1 N–H and O–H groups in total. The number of furan rings is 1. The summed E-state index contributed by atoms with van der Waals surface area (Å²) >= 11 is 0. The van der Waals surface area contributed by atoms with Gasteiger partial charge >= 0.3 is 0 Å². The van der Waals surface area contributed by atoms with E-state index in [4.69, 9.17) is 9.52 Å². The fourth-order valence-corrected chi connectivity index (χ4v) is 2.86. The zero-order valence-electron chi connectivity index (χ0n) is 10.4. The highest BCUT2D eigenvalue weighted by molar-refractivity contribution is 7.88. The second kappa shape index (κ2) is 5.40. The maximum atomic E-state index is 11.4. The third-order valence-corrected chi connectivity index (χ3v) is 4.36. The van der Waals surface area contributed by atoms with E-state index in [0.717, 1.165) is 5.76 Å². The van der Waals surface area contributed by atoms with Crippen LogP contribution in [-0.2, 0) is 23.2 Å². The van der Waals surface area contributed by atoms with Gasteiger partial charge in [-0.25, -0.2) is 8.42 Å². The van der Waals surface area contributed by atoms with Crippen LogP contribution in [0.1, 0.15) is 11.5 Å². The zero-order chi connectivity index (χ0) is 13.2. The van der Waals surface area contributed by atoms with Crippen LogP contribution in [0.3, 0.4) is 0 Å². The molecule has 0 amide bonds. The van der Waals surface area contributed by atoms with Gasteiger partial charge in [0.2, 0.25) is 10.0 Å². The Morgan fingerprint density at radius 3 is 2.33 bits per heavy atom. The Morgan fingerprint density at radius 1 is 1.22 bits per heavy atom.